The van der Waals surface area contributed by atoms with Gasteiger partial charge in [0, 0.05) is 17.5 Å². The fourth-order valence-corrected chi connectivity index (χ4v) is 2.40. The lowest BCUT2D eigenvalue weighted by atomic mass is 9.87. The Morgan fingerprint density at radius 2 is 1.78 bits per heavy atom. The number of hydrogen-bond donors (Lipinski definition) is 2. The average Bonchev–Trinajstić information content (AvgIpc) is 2.59. The predicted octanol–water partition coefficient (Wildman–Crippen LogP) is 3.82. The highest BCUT2D eigenvalue weighted by Crippen LogP contribution is 2.22. The average molecular weight is 366 g/mol. The molecular formula is C21H26N4O2. The summed E-state index contributed by atoms with van der Waals surface area (Å²) in [5.74, 6) is -0.0514. The number of benzene rings is 1. The van der Waals surface area contributed by atoms with Crippen molar-refractivity contribution in [3.8, 4) is 0 Å². The van der Waals surface area contributed by atoms with Gasteiger partial charge in [0.2, 0.25) is 5.91 Å². The van der Waals surface area contributed by atoms with E-state index in [-0.39, 0.29) is 23.7 Å². The maximum absolute atomic E-state index is 12.2. The van der Waals surface area contributed by atoms with E-state index in [1.54, 1.807) is 31.3 Å². The number of rotatable bonds is 5. The van der Waals surface area contributed by atoms with E-state index in [9.17, 15) is 9.59 Å². The summed E-state index contributed by atoms with van der Waals surface area (Å²) in [6.07, 6.45) is 1.70. The summed E-state index contributed by atoms with van der Waals surface area (Å²) in [5.41, 5.74) is 5.70. The zero-order valence-corrected chi connectivity index (χ0v) is 16.5. The number of carbonyl (C=O) groups is 2. The Morgan fingerprint density at radius 1 is 1.11 bits per heavy atom. The number of nitrogens with zero attached hydrogens (tertiary/aromatic N) is 2. The molecule has 0 radical (unpaired) electrons. The van der Waals surface area contributed by atoms with Gasteiger partial charge in [-0.15, -0.1) is 0 Å². The van der Waals surface area contributed by atoms with Crippen LogP contribution in [-0.4, -0.2) is 22.5 Å². The number of anilines is 1. The number of pyridine rings is 1. The summed E-state index contributed by atoms with van der Waals surface area (Å²) in [5, 5.41) is 6.72. The minimum atomic E-state index is -0.310. The van der Waals surface area contributed by atoms with Gasteiger partial charge in [-0.1, -0.05) is 32.9 Å². The lowest BCUT2D eigenvalue weighted by Crippen LogP contribution is -2.22. The largest absolute Gasteiger partial charge is 0.310 e. The van der Waals surface area contributed by atoms with Crippen LogP contribution in [0, 0.1) is 6.92 Å². The molecule has 6 nitrogen and oxygen atoms in total. The van der Waals surface area contributed by atoms with Crippen molar-refractivity contribution < 1.29 is 9.59 Å². The van der Waals surface area contributed by atoms with E-state index in [4.69, 9.17) is 0 Å². The fourth-order valence-electron chi connectivity index (χ4n) is 2.40. The van der Waals surface area contributed by atoms with E-state index in [1.807, 2.05) is 25.1 Å². The summed E-state index contributed by atoms with van der Waals surface area (Å²) >= 11 is 0. The third kappa shape index (κ3) is 6.33. The Kier molecular flexibility index (Phi) is 6.45. The van der Waals surface area contributed by atoms with Gasteiger partial charge >= 0.3 is 0 Å². The molecule has 0 unspecified atom stereocenters. The zero-order valence-electron chi connectivity index (χ0n) is 16.5. The molecule has 0 aliphatic heterocycles. The van der Waals surface area contributed by atoms with Gasteiger partial charge in [0.25, 0.3) is 5.91 Å². The third-order valence-electron chi connectivity index (χ3n) is 3.96. The van der Waals surface area contributed by atoms with Crippen LogP contribution < -0.4 is 10.7 Å². The van der Waals surface area contributed by atoms with Crippen molar-refractivity contribution in [1.29, 1.82) is 0 Å². The number of hydrogen-bond acceptors (Lipinski definition) is 4. The second-order valence-corrected chi connectivity index (χ2v) is 7.56. The molecule has 1 aromatic heterocycles. The van der Waals surface area contributed by atoms with Gasteiger partial charge in [0.15, 0.2) is 0 Å². The number of aromatic nitrogens is 1. The molecule has 142 valence electrons. The van der Waals surface area contributed by atoms with Crippen LogP contribution in [0.5, 0.6) is 0 Å². The van der Waals surface area contributed by atoms with Gasteiger partial charge in [-0.3, -0.25) is 9.59 Å². The molecule has 0 aliphatic rings. The van der Waals surface area contributed by atoms with Crippen LogP contribution in [0.4, 0.5) is 5.82 Å². The smallest absolute Gasteiger partial charge is 0.271 e. The SMILES string of the molecule is C/C(CC(=O)Nc1cc(C)ccn1)=N/NC(=O)c1ccc(C(C)(C)C)cc1. The maximum atomic E-state index is 12.2. The van der Waals surface area contributed by atoms with Crippen molar-refractivity contribution in [3.63, 3.8) is 0 Å². The Balaban J connectivity index is 1.90. The summed E-state index contributed by atoms with van der Waals surface area (Å²) in [4.78, 5) is 28.3. The molecular weight excluding hydrogens is 340 g/mol. The molecule has 6 heteroatoms. The molecule has 27 heavy (non-hydrogen) atoms. The Morgan fingerprint density at radius 3 is 2.37 bits per heavy atom. The van der Waals surface area contributed by atoms with Crippen molar-refractivity contribution in [2.24, 2.45) is 5.10 Å². The molecule has 1 aromatic carbocycles. The van der Waals surface area contributed by atoms with Crippen LogP contribution in [0.15, 0.2) is 47.7 Å². The lowest BCUT2D eigenvalue weighted by Gasteiger charge is -2.18. The molecule has 2 N–H and O–H groups in total. The molecule has 1 heterocycles. The first kappa shape index (κ1) is 20.3. The molecule has 2 amide bonds. The Bertz CT molecular complexity index is 849. The van der Waals surface area contributed by atoms with E-state index in [1.165, 1.54) is 0 Å². The number of carbonyl (C=O) groups excluding carboxylic acids is 2. The van der Waals surface area contributed by atoms with Crippen molar-refractivity contribution in [3.05, 3.63) is 59.3 Å². The molecule has 0 saturated heterocycles. The second-order valence-electron chi connectivity index (χ2n) is 7.56. The second kappa shape index (κ2) is 8.58. The quantitative estimate of drug-likeness (QED) is 0.623. The minimum absolute atomic E-state index is 0.0310. The monoisotopic (exact) mass is 366 g/mol. The molecule has 0 atom stereocenters. The van der Waals surface area contributed by atoms with Crippen molar-refractivity contribution >= 4 is 23.3 Å². The Hall–Kier alpha value is -3.02. The lowest BCUT2D eigenvalue weighted by molar-refractivity contribution is -0.115. The molecule has 0 aliphatic carbocycles. The highest BCUT2D eigenvalue weighted by molar-refractivity contribution is 6.05. The Labute approximate surface area is 160 Å². The van der Waals surface area contributed by atoms with E-state index in [0.29, 0.717) is 17.1 Å². The molecule has 0 bridgehead atoms. The molecule has 0 saturated carbocycles. The van der Waals surface area contributed by atoms with Crippen LogP contribution in [0.25, 0.3) is 0 Å². The van der Waals surface area contributed by atoms with Gasteiger partial charge < -0.3 is 5.32 Å². The molecule has 0 fully saturated rings. The van der Waals surface area contributed by atoms with Gasteiger partial charge in [-0.2, -0.15) is 5.10 Å². The first-order valence-electron chi connectivity index (χ1n) is 8.82. The summed E-state index contributed by atoms with van der Waals surface area (Å²) in [6.45, 7) is 9.97. The van der Waals surface area contributed by atoms with Gasteiger partial charge in [-0.05, 0) is 54.7 Å². The van der Waals surface area contributed by atoms with Crippen molar-refractivity contribution in [1.82, 2.24) is 10.4 Å². The number of hydrazone groups is 1. The zero-order chi connectivity index (χ0) is 20.0. The van der Waals surface area contributed by atoms with E-state index >= 15 is 0 Å². The summed E-state index contributed by atoms with van der Waals surface area (Å²) in [6, 6.07) is 11.1. The van der Waals surface area contributed by atoms with Crippen molar-refractivity contribution in [2.75, 3.05) is 5.32 Å². The maximum Gasteiger partial charge on any atom is 0.271 e. The topological polar surface area (TPSA) is 83.4 Å². The number of amides is 2. The normalized spacial score (nSPS) is 11.8. The van der Waals surface area contributed by atoms with Gasteiger partial charge in [0.05, 0.1) is 6.42 Å². The number of nitrogens with one attached hydrogen (secondary N) is 2. The molecule has 0 spiro atoms. The van der Waals surface area contributed by atoms with E-state index in [2.05, 4.69) is 41.6 Å². The van der Waals surface area contributed by atoms with E-state index in [0.717, 1.165) is 11.1 Å². The molecule has 2 aromatic rings. The third-order valence-corrected chi connectivity index (χ3v) is 3.96. The highest BCUT2D eigenvalue weighted by atomic mass is 16.2. The highest BCUT2D eigenvalue weighted by Gasteiger charge is 2.14. The van der Waals surface area contributed by atoms with Crippen molar-refractivity contribution in [2.45, 2.75) is 46.5 Å². The van der Waals surface area contributed by atoms with Crippen LogP contribution in [-0.2, 0) is 10.2 Å². The standard InChI is InChI=1S/C21H26N4O2/c1-14-10-11-22-18(12-14)23-19(26)13-15(2)24-25-20(27)16-6-8-17(9-7-16)21(3,4)5/h6-12H,13H2,1-5H3,(H,25,27)(H,22,23,26)/b24-15-. The van der Waals surface area contributed by atoms with Gasteiger partial charge in [-0.25, -0.2) is 10.4 Å². The molecule has 2 rings (SSSR count). The predicted molar refractivity (Wildman–Crippen MR) is 108 cm³/mol. The number of aryl methyl sites for hydroxylation is 1. The van der Waals surface area contributed by atoms with Gasteiger partial charge in [0.1, 0.15) is 5.82 Å². The van der Waals surface area contributed by atoms with Crippen LogP contribution in [0.1, 0.15) is 55.6 Å². The first-order chi connectivity index (χ1) is 12.6. The first-order valence-corrected chi connectivity index (χ1v) is 8.82. The van der Waals surface area contributed by atoms with Crippen LogP contribution in [0.2, 0.25) is 0 Å². The van der Waals surface area contributed by atoms with Crippen LogP contribution >= 0.6 is 0 Å². The van der Waals surface area contributed by atoms with E-state index < -0.39 is 0 Å². The summed E-state index contributed by atoms with van der Waals surface area (Å²) in [7, 11) is 0. The minimum Gasteiger partial charge on any atom is -0.310 e. The van der Waals surface area contributed by atoms with Crippen LogP contribution in [0.3, 0.4) is 0 Å². The summed E-state index contributed by atoms with van der Waals surface area (Å²) < 4.78 is 0. The fraction of sp³-hybridized carbons (Fsp3) is 0.333.